The topological polar surface area (TPSA) is 55.1 Å². The predicted octanol–water partition coefficient (Wildman–Crippen LogP) is 1.28. The minimum absolute atomic E-state index is 0.0492. The smallest absolute Gasteiger partial charge is 0.231 e. The molecule has 1 amide bonds. The number of hydrogen-bond donors (Lipinski definition) is 2. The van der Waals surface area contributed by atoms with E-state index in [1.54, 1.807) is 0 Å². The van der Waals surface area contributed by atoms with E-state index < -0.39 is 12.4 Å². The van der Waals surface area contributed by atoms with Gasteiger partial charge in [-0.2, -0.15) is 0 Å². The molecule has 0 unspecified atom stereocenters. The van der Waals surface area contributed by atoms with Gasteiger partial charge in [0.25, 0.3) is 0 Å². The highest BCUT2D eigenvalue weighted by molar-refractivity contribution is 5.75. The van der Waals surface area contributed by atoms with E-state index in [2.05, 4.69) is 5.32 Å². The molecule has 0 aromatic rings. The van der Waals surface area contributed by atoms with Gasteiger partial charge in [-0.1, -0.05) is 26.7 Å². The number of nitrogens with one attached hydrogen (secondary N) is 1. The number of carbonyl (C=O) groups is 1. The van der Waals surface area contributed by atoms with Crippen molar-refractivity contribution >= 4 is 5.91 Å². The highest BCUT2D eigenvalue weighted by atomic mass is 16.1. The van der Waals surface area contributed by atoms with E-state index in [1.807, 2.05) is 13.8 Å². The van der Waals surface area contributed by atoms with Gasteiger partial charge in [0, 0.05) is 2.74 Å². The molecule has 0 spiro atoms. The molecule has 78 valence electrons. The Bertz CT molecular complexity index is 192. The molecule has 13 heavy (non-hydrogen) atoms. The molecule has 0 radical (unpaired) electrons. The number of primary amides is 1. The first-order chi connectivity index (χ1) is 6.94. The maximum absolute atomic E-state index is 10.6. The highest BCUT2D eigenvalue weighted by Gasteiger charge is 2.05. The van der Waals surface area contributed by atoms with Crippen LogP contribution in [0.25, 0.3) is 0 Å². The monoisotopic (exact) mass is 188 g/mol. The molecule has 0 fully saturated rings. The Morgan fingerprint density at radius 3 is 2.38 bits per heavy atom. The summed E-state index contributed by atoms with van der Waals surface area (Å²) in [4.78, 5) is 10.6. The zero-order valence-electron chi connectivity index (χ0n) is 10.6. The van der Waals surface area contributed by atoms with Gasteiger partial charge in [-0.05, 0) is 25.3 Å². The second-order valence-corrected chi connectivity index (χ2v) is 3.24. The van der Waals surface area contributed by atoms with Crippen LogP contribution in [0.2, 0.25) is 0 Å². The van der Waals surface area contributed by atoms with Gasteiger partial charge in [0.15, 0.2) is 0 Å². The van der Waals surface area contributed by atoms with Gasteiger partial charge >= 0.3 is 0 Å². The summed E-state index contributed by atoms with van der Waals surface area (Å²) in [6.45, 7) is 2.47. The molecule has 0 aliphatic heterocycles. The van der Waals surface area contributed by atoms with Crippen molar-refractivity contribution in [3.8, 4) is 0 Å². The molecule has 0 heterocycles. The SMILES string of the molecule is [2H]C([2H])(NCC(N)=O)C(CCC)CCC. The summed E-state index contributed by atoms with van der Waals surface area (Å²) in [5.74, 6) is -0.572. The molecule has 0 saturated heterocycles. The summed E-state index contributed by atoms with van der Waals surface area (Å²) < 4.78 is 15.7. The number of hydrogen-bond acceptors (Lipinski definition) is 2. The van der Waals surface area contributed by atoms with Gasteiger partial charge in [-0.3, -0.25) is 4.79 Å². The number of carbonyl (C=O) groups excluding carboxylic acids is 1. The van der Waals surface area contributed by atoms with Crippen molar-refractivity contribution < 1.29 is 7.54 Å². The third-order valence-electron chi connectivity index (χ3n) is 1.84. The Morgan fingerprint density at radius 2 is 2.00 bits per heavy atom. The van der Waals surface area contributed by atoms with Crippen molar-refractivity contribution in [1.82, 2.24) is 5.32 Å². The molecule has 0 saturated carbocycles. The molecule has 3 heteroatoms. The van der Waals surface area contributed by atoms with Crippen molar-refractivity contribution in [2.45, 2.75) is 39.5 Å². The molecule has 0 atom stereocenters. The molecule has 0 aromatic carbocycles. The van der Waals surface area contributed by atoms with Gasteiger partial charge in [0.2, 0.25) is 5.91 Å². The largest absolute Gasteiger partial charge is 0.369 e. The van der Waals surface area contributed by atoms with Crippen LogP contribution in [0.5, 0.6) is 0 Å². The van der Waals surface area contributed by atoms with Crippen molar-refractivity contribution in [2.75, 3.05) is 13.0 Å². The van der Waals surface area contributed by atoms with Crippen LogP contribution in [-0.2, 0) is 4.79 Å². The Balaban J connectivity index is 4.26. The molecule has 0 aromatic heterocycles. The van der Waals surface area contributed by atoms with Gasteiger partial charge in [-0.15, -0.1) is 0 Å². The van der Waals surface area contributed by atoms with E-state index in [0.717, 1.165) is 25.7 Å². The molecule has 3 nitrogen and oxygen atoms in total. The van der Waals surface area contributed by atoms with Crippen molar-refractivity contribution in [2.24, 2.45) is 11.7 Å². The fourth-order valence-electron chi connectivity index (χ4n) is 1.27. The summed E-state index contributed by atoms with van der Waals surface area (Å²) >= 11 is 0. The molecule has 0 bridgehead atoms. The van der Waals surface area contributed by atoms with E-state index in [1.165, 1.54) is 0 Å². The third kappa shape index (κ3) is 7.78. The number of amides is 1. The second-order valence-electron chi connectivity index (χ2n) is 3.24. The number of nitrogens with two attached hydrogens (primary N) is 1. The zero-order valence-corrected chi connectivity index (χ0v) is 8.60. The second kappa shape index (κ2) is 8.05. The first-order valence-electron chi connectivity index (χ1n) is 5.97. The third-order valence-corrected chi connectivity index (χ3v) is 1.84. The first kappa shape index (κ1) is 9.00. The Kier molecular flexibility index (Phi) is 5.57. The summed E-state index contributed by atoms with van der Waals surface area (Å²) in [6.07, 6.45) is 3.55. The Labute approximate surface area is 83.9 Å². The first-order valence-corrected chi connectivity index (χ1v) is 4.97. The fourth-order valence-corrected chi connectivity index (χ4v) is 1.27. The molecule has 0 rings (SSSR count). The van der Waals surface area contributed by atoms with Gasteiger partial charge in [0.05, 0.1) is 6.54 Å². The fraction of sp³-hybridized carbons (Fsp3) is 0.900. The maximum Gasteiger partial charge on any atom is 0.231 e. The van der Waals surface area contributed by atoms with Gasteiger partial charge in [-0.25, -0.2) is 0 Å². The summed E-state index contributed by atoms with van der Waals surface area (Å²) in [5, 5.41) is 2.59. The molecular weight excluding hydrogens is 164 g/mol. The van der Waals surface area contributed by atoms with Gasteiger partial charge < -0.3 is 11.1 Å². The molecule has 0 aliphatic carbocycles. The summed E-state index contributed by atoms with van der Waals surface area (Å²) in [7, 11) is 0. The summed E-state index contributed by atoms with van der Waals surface area (Å²) in [5.41, 5.74) is 4.98. The van der Waals surface area contributed by atoms with Gasteiger partial charge in [0.1, 0.15) is 0 Å². The predicted molar refractivity (Wildman–Crippen MR) is 55.4 cm³/mol. The standard InChI is InChI=1S/C10H22N2O/c1-3-5-9(6-4-2)7-12-8-10(11)13/h9,12H,3-8H2,1-2H3,(H2,11,13)/i7D2. The Morgan fingerprint density at radius 1 is 1.46 bits per heavy atom. The lowest BCUT2D eigenvalue weighted by Crippen LogP contribution is -2.32. The van der Waals surface area contributed by atoms with Crippen LogP contribution in [0, 0.1) is 5.92 Å². The van der Waals surface area contributed by atoms with Crippen molar-refractivity contribution in [3.63, 3.8) is 0 Å². The van der Waals surface area contributed by atoms with Crippen LogP contribution < -0.4 is 11.1 Å². The maximum atomic E-state index is 10.6. The van der Waals surface area contributed by atoms with Crippen molar-refractivity contribution in [1.29, 1.82) is 0 Å². The molecular formula is C10H22N2O. The van der Waals surface area contributed by atoms with E-state index in [-0.39, 0.29) is 12.5 Å². The van der Waals surface area contributed by atoms with Crippen molar-refractivity contribution in [3.05, 3.63) is 0 Å². The average Bonchev–Trinajstić information content (AvgIpc) is 2.15. The summed E-state index contributed by atoms with van der Waals surface area (Å²) in [6, 6.07) is 0. The zero-order chi connectivity index (χ0) is 11.9. The quantitative estimate of drug-likeness (QED) is 0.603. The van der Waals surface area contributed by atoms with E-state index in [0.29, 0.717) is 0 Å². The van der Waals surface area contributed by atoms with E-state index >= 15 is 0 Å². The minimum atomic E-state index is -1.50. The van der Waals surface area contributed by atoms with Crippen LogP contribution in [0.1, 0.15) is 42.3 Å². The molecule has 0 aliphatic rings. The van der Waals surface area contributed by atoms with E-state index in [4.69, 9.17) is 8.48 Å². The highest BCUT2D eigenvalue weighted by Crippen LogP contribution is 2.11. The lowest BCUT2D eigenvalue weighted by atomic mass is 9.98. The van der Waals surface area contributed by atoms with Crippen LogP contribution in [0.4, 0.5) is 0 Å². The van der Waals surface area contributed by atoms with Crippen LogP contribution in [-0.4, -0.2) is 18.9 Å². The average molecular weight is 188 g/mol. The molecule has 3 N–H and O–H groups in total. The minimum Gasteiger partial charge on any atom is -0.369 e. The van der Waals surface area contributed by atoms with Crippen LogP contribution in [0.15, 0.2) is 0 Å². The normalized spacial score (nSPS) is 14.1. The van der Waals surface area contributed by atoms with E-state index in [9.17, 15) is 4.79 Å². The van der Waals surface area contributed by atoms with Crippen LogP contribution >= 0.6 is 0 Å². The number of rotatable bonds is 8. The lowest BCUT2D eigenvalue weighted by Gasteiger charge is -2.14. The van der Waals surface area contributed by atoms with Crippen LogP contribution in [0.3, 0.4) is 0 Å². The Hall–Kier alpha value is -0.570. The lowest BCUT2D eigenvalue weighted by molar-refractivity contribution is -0.117.